The number of hydrogen-bond donors (Lipinski definition) is 1. The third-order valence-corrected chi connectivity index (χ3v) is 5.78. The smallest absolute Gasteiger partial charge is 0.162 e. The molecule has 29 heavy (non-hydrogen) atoms. The van der Waals surface area contributed by atoms with Gasteiger partial charge in [0.1, 0.15) is 17.2 Å². The van der Waals surface area contributed by atoms with Gasteiger partial charge in [-0.1, -0.05) is 13.0 Å². The van der Waals surface area contributed by atoms with E-state index in [2.05, 4.69) is 32.2 Å². The molecule has 0 radical (unpaired) electrons. The first-order chi connectivity index (χ1) is 14.2. The lowest BCUT2D eigenvalue weighted by atomic mass is 10.2. The van der Waals surface area contributed by atoms with Crippen LogP contribution in [0.4, 0.5) is 15.9 Å². The number of thiazole rings is 1. The summed E-state index contributed by atoms with van der Waals surface area (Å²) in [5.74, 6) is 0.620. The molecule has 0 aliphatic heterocycles. The van der Waals surface area contributed by atoms with Gasteiger partial charge in [0.2, 0.25) is 0 Å². The first-order valence-corrected chi connectivity index (χ1v) is 10.1. The number of rotatable bonds is 4. The zero-order valence-electron chi connectivity index (χ0n) is 15.6. The first-order valence-electron chi connectivity index (χ1n) is 9.24. The zero-order chi connectivity index (χ0) is 19.8. The fourth-order valence-corrected chi connectivity index (χ4v) is 4.13. The highest BCUT2D eigenvalue weighted by Crippen LogP contribution is 2.31. The van der Waals surface area contributed by atoms with Gasteiger partial charge < -0.3 is 5.32 Å². The molecule has 0 aliphatic rings. The highest BCUT2D eigenvalue weighted by Gasteiger charge is 2.13. The van der Waals surface area contributed by atoms with E-state index in [-0.39, 0.29) is 11.3 Å². The van der Waals surface area contributed by atoms with Crippen LogP contribution < -0.4 is 5.32 Å². The Morgan fingerprint density at radius 2 is 1.86 bits per heavy atom. The van der Waals surface area contributed by atoms with Crippen LogP contribution in [0.1, 0.15) is 11.9 Å². The summed E-state index contributed by atoms with van der Waals surface area (Å²) in [7, 11) is 0. The standard InChI is InChI=1S/C22H16FN5S/c1-2-19-26-17-7-6-14(12-18(17)29-19)25-22-15-4-3-5-16(23)20(15)27-21(28-22)13-8-10-24-11-9-13/h3-12H,2H2,1H3,(H,25,27,28). The van der Waals surface area contributed by atoms with E-state index < -0.39 is 0 Å². The molecule has 3 aromatic heterocycles. The quantitative estimate of drug-likeness (QED) is 0.416. The molecule has 3 heterocycles. The molecule has 0 atom stereocenters. The van der Waals surface area contributed by atoms with E-state index in [0.717, 1.165) is 32.9 Å². The van der Waals surface area contributed by atoms with Crippen LogP contribution in [-0.2, 0) is 6.42 Å². The molecular formula is C22H16FN5S. The van der Waals surface area contributed by atoms with E-state index in [1.807, 2.05) is 24.3 Å². The van der Waals surface area contributed by atoms with Crippen molar-refractivity contribution in [1.29, 1.82) is 0 Å². The molecule has 0 bridgehead atoms. The van der Waals surface area contributed by atoms with Gasteiger partial charge in [-0.05, 0) is 48.9 Å². The summed E-state index contributed by atoms with van der Waals surface area (Å²) in [5, 5.41) is 5.08. The van der Waals surface area contributed by atoms with Gasteiger partial charge in [0.15, 0.2) is 5.82 Å². The highest BCUT2D eigenvalue weighted by atomic mass is 32.1. The predicted molar refractivity (Wildman–Crippen MR) is 115 cm³/mol. The van der Waals surface area contributed by atoms with Crippen LogP contribution in [-0.4, -0.2) is 19.9 Å². The summed E-state index contributed by atoms with van der Waals surface area (Å²) in [6, 6.07) is 14.5. The third-order valence-electron chi connectivity index (χ3n) is 4.61. The Labute approximate surface area is 170 Å². The topological polar surface area (TPSA) is 63.6 Å². The van der Waals surface area contributed by atoms with Crippen molar-refractivity contribution in [3.05, 3.63) is 71.7 Å². The van der Waals surface area contributed by atoms with E-state index >= 15 is 0 Å². The number of nitrogens with zero attached hydrogens (tertiary/aromatic N) is 4. The van der Waals surface area contributed by atoms with Gasteiger partial charge in [-0.2, -0.15) is 0 Å². The lowest BCUT2D eigenvalue weighted by Crippen LogP contribution is -2.00. The number of halogens is 1. The van der Waals surface area contributed by atoms with E-state index in [9.17, 15) is 4.39 Å². The van der Waals surface area contributed by atoms with Gasteiger partial charge in [-0.15, -0.1) is 11.3 Å². The second-order valence-corrected chi connectivity index (χ2v) is 7.65. The molecule has 5 aromatic rings. The molecule has 0 fully saturated rings. The maximum absolute atomic E-state index is 14.5. The Bertz CT molecular complexity index is 1330. The lowest BCUT2D eigenvalue weighted by Gasteiger charge is -2.11. The summed E-state index contributed by atoms with van der Waals surface area (Å²) in [6.07, 6.45) is 4.24. The van der Waals surface area contributed by atoms with Crippen molar-refractivity contribution in [2.75, 3.05) is 5.32 Å². The molecule has 5 rings (SSSR count). The lowest BCUT2D eigenvalue weighted by molar-refractivity contribution is 0.636. The number of para-hydroxylation sites is 1. The molecular weight excluding hydrogens is 385 g/mol. The zero-order valence-corrected chi connectivity index (χ0v) is 16.4. The number of aromatic nitrogens is 4. The summed E-state index contributed by atoms with van der Waals surface area (Å²) in [4.78, 5) is 17.8. The first kappa shape index (κ1) is 17.6. The van der Waals surface area contributed by atoms with E-state index in [1.165, 1.54) is 6.07 Å². The van der Waals surface area contributed by atoms with Crippen molar-refractivity contribution in [2.24, 2.45) is 0 Å². The molecule has 7 heteroatoms. The van der Waals surface area contributed by atoms with Gasteiger partial charge in [0.05, 0.1) is 15.2 Å². The summed E-state index contributed by atoms with van der Waals surface area (Å²) in [5.41, 5.74) is 2.91. The fraction of sp³-hybridized carbons (Fsp3) is 0.0909. The monoisotopic (exact) mass is 401 g/mol. The van der Waals surface area contributed by atoms with Crippen molar-refractivity contribution < 1.29 is 4.39 Å². The molecule has 0 aliphatic carbocycles. The average Bonchev–Trinajstić information content (AvgIpc) is 3.17. The number of aryl methyl sites for hydroxylation is 1. The fourth-order valence-electron chi connectivity index (χ4n) is 3.18. The molecule has 0 saturated heterocycles. The Hall–Kier alpha value is -3.45. The molecule has 142 valence electrons. The normalized spacial score (nSPS) is 11.2. The second-order valence-electron chi connectivity index (χ2n) is 6.54. The minimum Gasteiger partial charge on any atom is -0.340 e. The summed E-state index contributed by atoms with van der Waals surface area (Å²) >= 11 is 1.68. The maximum Gasteiger partial charge on any atom is 0.162 e. The number of nitrogens with one attached hydrogen (secondary N) is 1. The van der Waals surface area contributed by atoms with Gasteiger partial charge in [0.25, 0.3) is 0 Å². The van der Waals surface area contributed by atoms with Crippen molar-refractivity contribution in [3.63, 3.8) is 0 Å². The minimum atomic E-state index is -0.381. The Morgan fingerprint density at radius 3 is 2.69 bits per heavy atom. The second kappa shape index (κ2) is 7.18. The molecule has 2 aromatic carbocycles. The Kier molecular flexibility index (Phi) is 4.37. The molecule has 0 spiro atoms. The van der Waals surface area contributed by atoms with Gasteiger partial charge >= 0.3 is 0 Å². The molecule has 5 nitrogen and oxygen atoms in total. The van der Waals surface area contributed by atoms with Crippen LogP contribution in [0.25, 0.3) is 32.5 Å². The van der Waals surface area contributed by atoms with Crippen LogP contribution in [0.15, 0.2) is 60.9 Å². The van der Waals surface area contributed by atoms with Gasteiger partial charge in [-0.3, -0.25) is 4.98 Å². The molecule has 0 unspecified atom stereocenters. The molecule has 0 saturated carbocycles. The van der Waals surface area contributed by atoms with Crippen LogP contribution in [0.3, 0.4) is 0 Å². The Balaban J connectivity index is 1.64. The number of hydrogen-bond acceptors (Lipinski definition) is 6. The van der Waals surface area contributed by atoms with Crippen LogP contribution in [0.5, 0.6) is 0 Å². The number of fused-ring (bicyclic) bond motifs is 2. The van der Waals surface area contributed by atoms with Crippen molar-refractivity contribution in [2.45, 2.75) is 13.3 Å². The SMILES string of the molecule is CCc1nc2ccc(Nc3nc(-c4ccncc4)nc4c(F)cccc34)cc2s1. The van der Waals surface area contributed by atoms with Crippen LogP contribution in [0.2, 0.25) is 0 Å². The number of anilines is 2. The van der Waals surface area contributed by atoms with Crippen molar-refractivity contribution in [1.82, 2.24) is 19.9 Å². The molecule has 1 N–H and O–H groups in total. The maximum atomic E-state index is 14.5. The van der Waals surface area contributed by atoms with Crippen molar-refractivity contribution in [3.8, 4) is 11.4 Å². The van der Waals surface area contributed by atoms with Gasteiger partial charge in [-0.25, -0.2) is 19.3 Å². The minimum absolute atomic E-state index is 0.281. The van der Waals surface area contributed by atoms with E-state index in [4.69, 9.17) is 0 Å². The third kappa shape index (κ3) is 3.30. The molecule has 0 amide bonds. The number of benzene rings is 2. The summed E-state index contributed by atoms with van der Waals surface area (Å²) < 4.78 is 15.6. The number of pyridine rings is 1. The van der Waals surface area contributed by atoms with Crippen LogP contribution >= 0.6 is 11.3 Å². The van der Waals surface area contributed by atoms with Gasteiger partial charge in [0, 0.05) is 29.0 Å². The highest BCUT2D eigenvalue weighted by molar-refractivity contribution is 7.18. The van der Waals surface area contributed by atoms with E-state index in [1.54, 1.807) is 41.9 Å². The van der Waals surface area contributed by atoms with E-state index in [0.29, 0.717) is 17.0 Å². The summed E-state index contributed by atoms with van der Waals surface area (Å²) in [6.45, 7) is 2.10. The Morgan fingerprint density at radius 1 is 1.00 bits per heavy atom. The largest absolute Gasteiger partial charge is 0.340 e. The average molecular weight is 401 g/mol. The van der Waals surface area contributed by atoms with Crippen LogP contribution in [0, 0.1) is 5.82 Å². The predicted octanol–water partition coefficient (Wildman–Crippen LogP) is 5.75. The van der Waals surface area contributed by atoms with Crippen molar-refractivity contribution >= 4 is 44.0 Å².